The van der Waals surface area contributed by atoms with Gasteiger partial charge in [-0.05, 0) is 55.3 Å². The number of carbonyl (C=O) groups is 4. The number of piperidine rings is 1. The number of hydrogen-bond donors (Lipinski definition) is 3. The lowest BCUT2D eigenvalue weighted by Gasteiger charge is -2.46. The molecular formula is C23H26N6O4. The molecular weight excluding hydrogens is 424 g/mol. The number of pyridine rings is 1. The maximum Gasteiger partial charge on any atom is 0.327 e. The predicted octanol–water partition coefficient (Wildman–Crippen LogP) is 1.56. The summed E-state index contributed by atoms with van der Waals surface area (Å²) in [4.78, 5) is 57.2. The lowest BCUT2D eigenvalue weighted by atomic mass is 9.93. The summed E-state index contributed by atoms with van der Waals surface area (Å²) in [6.45, 7) is 2.01. The number of anilines is 2. The van der Waals surface area contributed by atoms with Crippen LogP contribution in [0.3, 0.4) is 0 Å². The normalized spacial score (nSPS) is 20.3. The second kappa shape index (κ2) is 9.78. The van der Waals surface area contributed by atoms with Crippen LogP contribution < -0.4 is 16.0 Å². The van der Waals surface area contributed by atoms with Crippen molar-refractivity contribution in [2.75, 3.05) is 23.7 Å². The van der Waals surface area contributed by atoms with Crippen LogP contribution >= 0.6 is 0 Å². The maximum atomic E-state index is 13.3. The van der Waals surface area contributed by atoms with E-state index in [2.05, 4.69) is 20.9 Å². The fraction of sp³-hybridized carbons (Fsp3) is 0.348. The molecule has 33 heavy (non-hydrogen) atoms. The number of carbonyl (C=O) groups excluding carboxylic acids is 4. The number of aromatic nitrogens is 1. The van der Waals surface area contributed by atoms with E-state index in [9.17, 15) is 19.2 Å². The van der Waals surface area contributed by atoms with E-state index in [0.29, 0.717) is 24.3 Å². The van der Waals surface area contributed by atoms with Gasteiger partial charge in [-0.1, -0.05) is 6.07 Å². The third-order valence-electron chi connectivity index (χ3n) is 5.71. The summed E-state index contributed by atoms with van der Waals surface area (Å²) in [6.07, 6.45) is 4.67. The van der Waals surface area contributed by atoms with Gasteiger partial charge < -0.3 is 20.9 Å². The number of imide groups is 1. The SMILES string of the molecule is CC(=O)Nc1cccc(NC(=O)CN2C(=O)N(Cc3ccncc3)C(=O)C3NCCCC32)c1. The molecule has 10 heteroatoms. The molecule has 2 atom stereocenters. The quantitative estimate of drug-likeness (QED) is 0.614. The van der Waals surface area contributed by atoms with Gasteiger partial charge in [0.25, 0.3) is 0 Å². The van der Waals surface area contributed by atoms with E-state index < -0.39 is 12.1 Å². The minimum atomic E-state index is -0.547. The Morgan fingerprint density at radius 3 is 2.58 bits per heavy atom. The zero-order chi connectivity index (χ0) is 23.4. The number of benzene rings is 1. The second-order valence-electron chi connectivity index (χ2n) is 8.14. The van der Waals surface area contributed by atoms with Crippen molar-refractivity contribution < 1.29 is 19.2 Å². The van der Waals surface area contributed by atoms with Crippen LogP contribution in [-0.2, 0) is 20.9 Å². The summed E-state index contributed by atoms with van der Waals surface area (Å²) < 4.78 is 0. The van der Waals surface area contributed by atoms with Crippen LogP contribution in [0.4, 0.5) is 16.2 Å². The van der Waals surface area contributed by atoms with Crippen LogP contribution in [-0.4, -0.2) is 63.7 Å². The highest BCUT2D eigenvalue weighted by Crippen LogP contribution is 2.26. The molecule has 2 saturated heterocycles. The van der Waals surface area contributed by atoms with Gasteiger partial charge >= 0.3 is 6.03 Å². The molecule has 0 aliphatic carbocycles. The van der Waals surface area contributed by atoms with Gasteiger partial charge in [-0.2, -0.15) is 0 Å². The first-order valence-electron chi connectivity index (χ1n) is 10.8. The monoisotopic (exact) mass is 450 g/mol. The Hall–Kier alpha value is -3.79. The summed E-state index contributed by atoms with van der Waals surface area (Å²) in [5, 5.41) is 8.66. The Morgan fingerprint density at radius 1 is 1.12 bits per heavy atom. The number of hydrogen-bond acceptors (Lipinski definition) is 6. The van der Waals surface area contributed by atoms with Gasteiger partial charge in [0.1, 0.15) is 12.6 Å². The molecule has 3 heterocycles. The Bertz CT molecular complexity index is 1060. The molecule has 1 aromatic carbocycles. The highest BCUT2D eigenvalue weighted by Gasteiger charge is 2.47. The lowest BCUT2D eigenvalue weighted by Crippen LogP contribution is -2.70. The predicted molar refractivity (Wildman–Crippen MR) is 121 cm³/mol. The van der Waals surface area contributed by atoms with Gasteiger partial charge in [0.15, 0.2) is 0 Å². The number of amides is 5. The van der Waals surface area contributed by atoms with Gasteiger partial charge in [-0.25, -0.2) is 4.79 Å². The number of nitrogens with zero attached hydrogens (tertiary/aromatic N) is 3. The van der Waals surface area contributed by atoms with Crippen molar-refractivity contribution in [3.63, 3.8) is 0 Å². The third-order valence-corrected chi connectivity index (χ3v) is 5.71. The standard InChI is InChI=1S/C23H26N6O4/c1-15(30)26-17-4-2-5-18(12-17)27-20(31)14-28-19-6-3-9-25-21(19)22(32)29(23(28)33)13-16-7-10-24-11-8-16/h2,4-5,7-8,10-12,19,21,25H,3,6,9,13-14H2,1H3,(H,26,30)(H,27,31). The van der Waals surface area contributed by atoms with Crippen LogP contribution in [0.2, 0.25) is 0 Å². The van der Waals surface area contributed by atoms with Crippen LogP contribution in [0.5, 0.6) is 0 Å². The summed E-state index contributed by atoms with van der Waals surface area (Å²) >= 11 is 0. The van der Waals surface area contributed by atoms with Crippen molar-refractivity contribution in [3.05, 3.63) is 54.4 Å². The minimum absolute atomic E-state index is 0.113. The zero-order valence-corrected chi connectivity index (χ0v) is 18.3. The van der Waals surface area contributed by atoms with E-state index in [1.807, 2.05) is 0 Å². The first kappa shape index (κ1) is 22.4. The van der Waals surface area contributed by atoms with Crippen molar-refractivity contribution >= 4 is 35.1 Å². The average Bonchev–Trinajstić information content (AvgIpc) is 2.80. The number of urea groups is 1. The number of rotatable bonds is 6. The molecule has 2 fully saturated rings. The largest absolute Gasteiger partial charge is 0.327 e. The second-order valence-corrected chi connectivity index (χ2v) is 8.14. The van der Waals surface area contributed by atoms with Crippen molar-refractivity contribution in [1.29, 1.82) is 0 Å². The molecule has 4 rings (SSSR count). The molecule has 10 nitrogen and oxygen atoms in total. The molecule has 0 bridgehead atoms. The van der Waals surface area contributed by atoms with Crippen LogP contribution in [0.25, 0.3) is 0 Å². The molecule has 2 unspecified atom stereocenters. The third kappa shape index (κ3) is 5.17. The van der Waals surface area contributed by atoms with E-state index in [1.54, 1.807) is 48.8 Å². The summed E-state index contributed by atoms with van der Waals surface area (Å²) in [5.41, 5.74) is 1.83. The summed E-state index contributed by atoms with van der Waals surface area (Å²) in [7, 11) is 0. The topological polar surface area (TPSA) is 124 Å². The number of nitrogens with one attached hydrogen (secondary N) is 3. The maximum absolute atomic E-state index is 13.3. The van der Waals surface area contributed by atoms with Crippen molar-refractivity contribution in [3.8, 4) is 0 Å². The van der Waals surface area contributed by atoms with Crippen LogP contribution in [0.1, 0.15) is 25.3 Å². The van der Waals surface area contributed by atoms with Gasteiger partial charge in [0.2, 0.25) is 17.7 Å². The van der Waals surface area contributed by atoms with Crippen molar-refractivity contribution in [1.82, 2.24) is 20.1 Å². The molecule has 0 saturated carbocycles. The summed E-state index contributed by atoms with van der Waals surface area (Å²) in [5.74, 6) is -0.876. The smallest absolute Gasteiger partial charge is 0.326 e. The lowest BCUT2D eigenvalue weighted by molar-refractivity contribution is -0.138. The minimum Gasteiger partial charge on any atom is -0.326 e. The van der Waals surface area contributed by atoms with Gasteiger partial charge in [0.05, 0.1) is 12.6 Å². The zero-order valence-electron chi connectivity index (χ0n) is 18.3. The van der Waals surface area contributed by atoms with Crippen LogP contribution in [0.15, 0.2) is 48.8 Å². The van der Waals surface area contributed by atoms with E-state index in [-0.39, 0.29) is 36.9 Å². The molecule has 2 aliphatic rings. The highest BCUT2D eigenvalue weighted by atomic mass is 16.2. The molecule has 5 amide bonds. The molecule has 0 radical (unpaired) electrons. The first-order chi connectivity index (χ1) is 15.9. The van der Waals surface area contributed by atoms with E-state index in [1.165, 1.54) is 16.7 Å². The van der Waals surface area contributed by atoms with Gasteiger partial charge in [-0.3, -0.25) is 24.3 Å². The highest BCUT2D eigenvalue weighted by molar-refractivity contribution is 6.03. The van der Waals surface area contributed by atoms with Crippen molar-refractivity contribution in [2.45, 2.75) is 38.4 Å². The Labute approximate surface area is 191 Å². The molecule has 172 valence electrons. The fourth-order valence-corrected chi connectivity index (χ4v) is 4.25. The van der Waals surface area contributed by atoms with E-state index >= 15 is 0 Å². The van der Waals surface area contributed by atoms with Crippen LogP contribution in [0, 0.1) is 0 Å². The molecule has 3 N–H and O–H groups in total. The molecule has 2 aromatic rings. The van der Waals surface area contributed by atoms with Gasteiger partial charge in [-0.15, -0.1) is 0 Å². The first-order valence-corrected chi connectivity index (χ1v) is 10.8. The summed E-state index contributed by atoms with van der Waals surface area (Å²) in [6, 6.07) is 8.85. The fourth-order valence-electron chi connectivity index (χ4n) is 4.25. The molecule has 0 spiro atoms. The average molecular weight is 450 g/mol. The van der Waals surface area contributed by atoms with E-state index in [0.717, 1.165) is 12.0 Å². The van der Waals surface area contributed by atoms with E-state index in [4.69, 9.17) is 0 Å². The van der Waals surface area contributed by atoms with Gasteiger partial charge in [0, 0.05) is 30.7 Å². The van der Waals surface area contributed by atoms with Crippen molar-refractivity contribution in [2.24, 2.45) is 0 Å². The Morgan fingerprint density at radius 2 is 1.85 bits per heavy atom. The Balaban J connectivity index is 1.50. The molecule has 2 aliphatic heterocycles. The number of fused-ring (bicyclic) bond motifs is 1. The molecule has 1 aromatic heterocycles. The Kier molecular flexibility index (Phi) is 6.64.